The molecule has 0 aliphatic carbocycles. The second-order valence-electron chi connectivity index (χ2n) is 5.75. The van der Waals surface area contributed by atoms with Gasteiger partial charge in [0, 0.05) is 10.6 Å². The van der Waals surface area contributed by atoms with Crippen LogP contribution in [0.5, 0.6) is 0 Å². The van der Waals surface area contributed by atoms with Crippen molar-refractivity contribution in [2.24, 2.45) is 11.0 Å². The van der Waals surface area contributed by atoms with Gasteiger partial charge in [0.15, 0.2) is 0 Å². The van der Waals surface area contributed by atoms with Gasteiger partial charge in [-0.15, -0.1) is 11.3 Å². The number of H-pyrrole nitrogens is 1. The lowest BCUT2D eigenvalue weighted by Gasteiger charge is -2.07. The first-order chi connectivity index (χ1) is 10.8. The highest BCUT2D eigenvalue weighted by Gasteiger charge is 2.13. The summed E-state index contributed by atoms with van der Waals surface area (Å²) in [5.74, 6) is 0.388. The standard InChI is InChI=1S/C16H22N4O2S/c1-6-8(2)10(4)19-20-13(21)7-12-17-15(22)14-9(3)11(5)23-16(14)18-12/h8H,6-7H2,1-5H3,(H,20,21)(H,17,18,22)/b19-10-/t8-/m0/s1. The van der Waals surface area contributed by atoms with Gasteiger partial charge in [-0.25, -0.2) is 10.4 Å². The number of hydrogen-bond donors (Lipinski definition) is 2. The molecule has 2 aromatic heterocycles. The van der Waals surface area contributed by atoms with E-state index in [4.69, 9.17) is 0 Å². The van der Waals surface area contributed by atoms with Gasteiger partial charge in [0.1, 0.15) is 10.7 Å². The molecule has 0 unspecified atom stereocenters. The maximum atomic E-state index is 12.2. The summed E-state index contributed by atoms with van der Waals surface area (Å²) in [6.45, 7) is 9.88. The highest BCUT2D eigenvalue weighted by atomic mass is 32.1. The summed E-state index contributed by atoms with van der Waals surface area (Å²) < 4.78 is 0. The number of rotatable bonds is 5. The molecule has 2 rings (SSSR count). The van der Waals surface area contributed by atoms with E-state index in [0.29, 0.717) is 22.0 Å². The minimum atomic E-state index is -0.292. The minimum absolute atomic E-state index is 0.00153. The van der Waals surface area contributed by atoms with E-state index in [0.717, 1.165) is 22.6 Å². The van der Waals surface area contributed by atoms with Gasteiger partial charge < -0.3 is 4.98 Å². The number of nitrogens with one attached hydrogen (secondary N) is 2. The molecule has 23 heavy (non-hydrogen) atoms. The molecule has 124 valence electrons. The van der Waals surface area contributed by atoms with Crippen molar-refractivity contribution in [3.63, 3.8) is 0 Å². The number of aromatic nitrogens is 2. The van der Waals surface area contributed by atoms with Crippen molar-refractivity contribution in [3.05, 3.63) is 26.6 Å². The van der Waals surface area contributed by atoms with E-state index >= 15 is 0 Å². The molecule has 7 heteroatoms. The third-order valence-electron chi connectivity index (χ3n) is 4.10. The quantitative estimate of drug-likeness (QED) is 0.651. The first-order valence-corrected chi connectivity index (χ1v) is 8.47. The highest BCUT2D eigenvalue weighted by molar-refractivity contribution is 7.18. The number of amides is 1. The van der Waals surface area contributed by atoms with Crippen LogP contribution in [0.25, 0.3) is 10.2 Å². The van der Waals surface area contributed by atoms with Crippen molar-refractivity contribution in [2.45, 2.75) is 47.5 Å². The summed E-state index contributed by atoms with van der Waals surface area (Å²) in [5.41, 5.74) is 4.15. The van der Waals surface area contributed by atoms with Gasteiger partial charge in [0.2, 0.25) is 5.91 Å². The fraction of sp³-hybridized carbons (Fsp3) is 0.500. The van der Waals surface area contributed by atoms with Crippen LogP contribution < -0.4 is 11.0 Å². The third-order valence-corrected chi connectivity index (χ3v) is 5.20. The maximum Gasteiger partial charge on any atom is 0.259 e. The van der Waals surface area contributed by atoms with Crippen molar-refractivity contribution >= 4 is 33.2 Å². The topological polar surface area (TPSA) is 87.2 Å². The number of aryl methyl sites for hydroxylation is 2. The normalized spacial score (nSPS) is 13.3. The number of hydrazone groups is 1. The number of aromatic amines is 1. The molecule has 0 bridgehead atoms. The smallest absolute Gasteiger partial charge is 0.259 e. The van der Waals surface area contributed by atoms with Crippen LogP contribution in [0.4, 0.5) is 0 Å². The summed E-state index contributed by atoms with van der Waals surface area (Å²) in [7, 11) is 0. The summed E-state index contributed by atoms with van der Waals surface area (Å²) in [6, 6.07) is 0. The number of carbonyl (C=O) groups excluding carboxylic acids is 1. The summed E-state index contributed by atoms with van der Waals surface area (Å²) in [5, 5.41) is 4.71. The summed E-state index contributed by atoms with van der Waals surface area (Å²) >= 11 is 1.47. The fourth-order valence-corrected chi connectivity index (χ4v) is 3.18. The number of thiophene rings is 1. The molecule has 1 amide bonds. The Morgan fingerprint density at radius 2 is 2.13 bits per heavy atom. The highest BCUT2D eigenvalue weighted by Crippen LogP contribution is 2.25. The minimum Gasteiger partial charge on any atom is -0.309 e. The van der Waals surface area contributed by atoms with E-state index in [1.165, 1.54) is 11.3 Å². The first kappa shape index (κ1) is 17.3. The van der Waals surface area contributed by atoms with E-state index in [-0.39, 0.29) is 17.9 Å². The zero-order valence-electron chi connectivity index (χ0n) is 14.1. The molecule has 2 heterocycles. The lowest BCUT2D eigenvalue weighted by molar-refractivity contribution is -0.120. The average Bonchev–Trinajstić information content (AvgIpc) is 2.78. The van der Waals surface area contributed by atoms with Crippen LogP contribution in [0.1, 0.15) is 43.5 Å². The van der Waals surface area contributed by atoms with Gasteiger partial charge >= 0.3 is 0 Å². The lowest BCUT2D eigenvalue weighted by Crippen LogP contribution is -2.24. The Morgan fingerprint density at radius 1 is 1.43 bits per heavy atom. The van der Waals surface area contributed by atoms with Crippen LogP contribution in [0.2, 0.25) is 0 Å². The molecule has 6 nitrogen and oxygen atoms in total. The van der Waals surface area contributed by atoms with Crippen LogP contribution in [-0.4, -0.2) is 21.6 Å². The van der Waals surface area contributed by atoms with E-state index in [2.05, 4.69) is 34.3 Å². The molecule has 0 aliphatic rings. The molecular weight excluding hydrogens is 312 g/mol. The van der Waals surface area contributed by atoms with Crippen molar-refractivity contribution in [1.82, 2.24) is 15.4 Å². The number of carbonyl (C=O) groups is 1. The monoisotopic (exact) mass is 334 g/mol. The molecule has 0 aliphatic heterocycles. The molecular formula is C16H22N4O2S. The Morgan fingerprint density at radius 3 is 2.78 bits per heavy atom. The van der Waals surface area contributed by atoms with Gasteiger partial charge in [-0.05, 0) is 38.7 Å². The predicted molar refractivity (Wildman–Crippen MR) is 94.1 cm³/mol. The van der Waals surface area contributed by atoms with Crippen LogP contribution in [0, 0.1) is 19.8 Å². The first-order valence-electron chi connectivity index (χ1n) is 7.65. The van der Waals surface area contributed by atoms with E-state index in [1.54, 1.807) is 0 Å². The van der Waals surface area contributed by atoms with Gasteiger partial charge in [0.05, 0.1) is 11.8 Å². The maximum absolute atomic E-state index is 12.2. The molecule has 0 fully saturated rings. The molecule has 0 aromatic carbocycles. The Bertz CT molecular complexity index is 819. The van der Waals surface area contributed by atoms with E-state index < -0.39 is 0 Å². The molecule has 0 saturated heterocycles. The van der Waals surface area contributed by atoms with Crippen LogP contribution in [0.3, 0.4) is 0 Å². The molecule has 0 radical (unpaired) electrons. The van der Waals surface area contributed by atoms with Gasteiger partial charge in [-0.3, -0.25) is 9.59 Å². The zero-order chi connectivity index (χ0) is 17.1. The molecule has 2 aromatic rings. The average molecular weight is 334 g/mol. The van der Waals surface area contributed by atoms with Crippen LogP contribution in [-0.2, 0) is 11.2 Å². The second-order valence-corrected chi connectivity index (χ2v) is 6.95. The lowest BCUT2D eigenvalue weighted by atomic mass is 10.1. The van der Waals surface area contributed by atoms with Crippen molar-refractivity contribution in [3.8, 4) is 0 Å². The van der Waals surface area contributed by atoms with Crippen molar-refractivity contribution in [1.29, 1.82) is 0 Å². The Balaban J connectivity index is 2.16. The molecule has 1 atom stereocenters. The largest absolute Gasteiger partial charge is 0.309 e. The van der Waals surface area contributed by atoms with Crippen LogP contribution in [0.15, 0.2) is 9.90 Å². The molecule has 0 spiro atoms. The zero-order valence-corrected chi connectivity index (χ0v) is 14.9. The van der Waals surface area contributed by atoms with E-state index in [9.17, 15) is 9.59 Å². The SMILES string of the molecule is CC[C@H](C)/C(C)=N\NC(=O)Cc1nc2sc(C)c(C)c2c(=O)[nH]1. The Labute approximate surface area is 139 Å². The Hall–Kier alpha value is -2.02. The van der Waals surface area contributed by atoms with Gasteiger partial charge in [0.25, 0.3) is 5.56 Å². The number of fused-ring (bicyclic) bond motifs is 1. The van der Waals surface area contributed by atoms with Gasteiger partial charge in [-0.2, -0.15) is 5.10 Å². The number of nitrogens with zero attached hydrogens (tertiary/aromatic N) is 2. The van der Waals surface area contributed by atoms with Gasteiger partial charge in [-0.1, -0.05) is 13.8 Å². The Kier molecular flexibility index (Phi) is 5.30. The summed E-state index contributed by atoms with van der Waals surface area (Å²) in [6.07, 6.45) is 0.965. The van der Waals surface area contributed by atoms with Crippen LogP contribution >= 0.6 is 11.3 Å². The second kappa shape index (κ2) is 7.04. The third kappa shape index (κ3) is 3.85. The summed E-state index contributed by atoms with van der Waals surface area (Å²) in [4.78, 5) is 32.9. The molecule has 2 N–H and O–H groups in total. The van der Waals surface area contributed by atoms with Crippen molar-refractivity contribution in [2.75, 3.05) is 0 Å². The molecule has 0 saturated carbocycles. The predicted octanol–water partition coefficient (Wildman–Crippen LogP) is 2.68. The van der Waals surface area contributed by atoms with Crippen molar-refractivity contribution < 1.29 is 4.79 Å². The number of hydrogen-bond acceptors (Lipinski definition) is 5. The van der Waals surface area contributed by atoms with E-state index in [1.807, 2.05) is 20.8 Å². The fourth-order valence-electron chi connectivity index (χ4n) is 2.13.